The van der Waals surface area contributed by atoms with Crippen LogP contribution in [-0.4, -0.2) is 33.1 Å². The molecule has 104 valence electrons. The van der Waals surface area contributed by atoms with Crippen LogP contribution in [0.5, 0.6) is 5.88 Å². The molecule has 2 rings (SSSR count). The summed E-state index contributed by atoms with van der Waals surface area (Å²) < 4.78 is 67.5. The Morgan fingerprint density at radius 3 is 2.58 bits per heavy atom. The topological polar surface area (TPSA) is 39.4 Å². The third kappa shape index (κ3) is 2.77. The van der Waals surface area contributed by atoms with Gasteiger partial charge in [0.25, 0.3) is 5.88 Å². The number of fused-ring (bicyclic) bond motifs is 1. The average molecular weight is 346 g/mol. The van der Waals surface area contributed by atoms with Crippen LogP contribution in [0.25, 0.3) is 5.65 Å². The first-order chi connectivity index (χ1) is 8.71. The summed E-state index contributed by atoms with van der Waals surface area (Å²) in [4.78, 5) is 7.42. The number of hydrogen-bond donors (Lipinski definition) is 0. The van der Waals surface area contributed by atoms with Gasteiger partial charge >= 0.3 is 12.1 Å². The lowest BCUT2D eigenvalue weighted by Gasteiger charge is -2.19. The number of rotatable bonds is 3. The van der Waals surface area contributed by atoms with E-state index in [1.165, 1.54) is 23.0 Å². The molecule has 0 saturated heterocycles. The van der Waals surface area contributed by atoms with E-state index in [1.807, 2.05) is 0 Å². The summed E-state index contributed by atoms with van der Waals surface area (Å²) >= 11 is 2.98. The molecule has 0 bridgehead atoms. The van der Waals surface area contributed by atoms with Crippen molar-refractivity contribution in [1.82, 2.24) is 14.4 Å². The van der Waals surface area contributed by atoms with Gasteiger partial charge in [-0.15, -0.1) is 0 Å². The van der Waals surface area contributed by atoms with Crippen molar-refractivity contribution in [2.24, 2.45) is 0 Å². The SMILES string of the molecule is FC(F)(F)C(F)(F)COc1nc(Br)cn2ccnc12. The maximum atomic E-state index is 12.7. The van der Waals surface area contributed by atoms with Crippen molar-refractivity contribution in [2.75, 3.05) is 6.61 Å². The van der Waals surface area contributed by atoms with Crippen LogP contribution in [-0.2, 0) is 0 Å². The molecule has 0 saturated carbocycles. The van der Waals surface area contributed by atoms with Crippen molar-refractivity contribution >= 4 is 21.6 Å². The quantitative estimate of drug-likeness (QED) is 0.802. The van der Waals surface area contributed by atoms with Crippen molar-refractivity contribution in [2.45, 2.75) is 12.1 Å². The number of alkyl halides is 5. The Balaban J connectivity index is 2.25. The van der Waals surface area contributed by atoms with Gasteiger partial charge in [-0.1, -0.05) is 0 Å². The summed E-state index contributed by atoms with van der Waals surface area (Å²) in [5.74, 6) is -5.37. The van der Waals surface area contributed by atoms with Gasteiger partial charge in [0.1, 0.15) is 4.60 Å². The lowest BCUT2D eigenvalue weighted by molar-refractivity contribution is -0.290. The van der Waals surface area contributed by atoms with Gasteiger partial charge in [0.2, 0.25) is 5.65 Å². The maximum Gasteiger partial charge on any atom is 0.456 e. The summed E-state index contributed by atoms with van der Waals surface area (Å²) in [6, 6.07) is 0. The van der Waals surface area contributed by atoms with Gasteiger partial charge < -0.3 is 4.74 Å². The molecule has 0 fully saturated rings. The molecule has 2 heterocycles. The van der Waals surface area contributed by atoms with Crippen LogP contribution in [0.3, 0.4) is 0 Å². The first-order valence-corrected chi connectivity index (χ1v) is 5.56. The molecule has 0 aromatic carbocycles. The van der Waals surface area contributed by atoms with Gasteiger partial charge in [-0.25, -0.2) is 9.97 Å². The zero-order valence-electron chi connectivity index (χ0n) is 8.96. The molecule has 0 aliphatic heterocycles. The summed E-state index contributed by atoms with van der Waals surface area (Å²) in [5, 5.41) is 0. The Bertz CT molecular complexity index is 597. The predicted molar refractivity (Wildman–Crippen MR) is 57.2 cm³/mol. The van der Waals surface area contributed by atoms with Crippen LogP contribution in [0.4, 0.5) is 22.0 Å². The third-order valence-electron chi connectivity index (χ3n) is 2.12. The van der Waals surface area contributed by atoms with Gasteiger partial charge in [0.15, 0.2) is 6.61 Å². The Labute approximate surface area is 111 Å². The molecule has 0 radical (unpaired) electrons. The second-order valence-corrected chi connectivity index (χ2v) is 4.33. The van der Waals surface area contributed by atoms with E-state index in [-0.39, 0.29) is 10.3 Å². The highest BCUT2D eigenvalue weighted by atomic mass is 79.9. The lowest BCUT2D eigenvalue weighted by Crippen LogP contribution is -2.41. The van der Waals surface area contributed by atoms with Crippen molar-refractivity contribution < 1.29 is 26.7 Å². The molecule has 4 nitrogen and oxygen atoms in total. The summed E-state index contributed by atoms with van der Waals surface area (Å²) in [6.07, 6.45) is -1.42. The standard InChI is InChI=1S/C9H5BrF5N3O/c10-5-3-18-2-1-16-6(18)7(17-5)19-4-8(11,12)9(13,14)15/h1-3H,4H2. The molecule has 0 N–H and O–H groups in total. The molecule has 0 amide bonds. The largest absolute Gasteiger partial charge is 0.468 e. The molecule has 2 aromatic heterocycles. The Kier molecular flexibility index (Phi) is 3.37. The first-order valence-electron chi connectivity index (χ1n) is 4.77. The highest BCUT2D eigenvalue weighted by Gasteiger charge is 2.58. The van der Waals surface area contributed by atoms with Crippen LogP contribution >= 0.6 is 15.9 Å². The minimum Gasteiger partial charge on any atom is -0.468 e. The fourth-order valence-corrected chi connectivity index (χ4v) is 1.59. The van der Waals surface area contributed by atoms with E-state index in [0.29, 0.717) is 0 Å². The molecule has 0 atom stereocenters. The van der Waals surface area contributed by atoms with E-state index in [9.17, 15) is 22.0 Å². The van der Waals surface area contributed by atoms with Crippen molar-refractivity contribution in [3.05, 3.63) is 23.2 Å². The lowest BCUT2D eigenvalue weighted by atomic mass is 10.3. The third-order valence-corrected chi connectivity index (χ3v) is 2.50. The second-order valence-electron chi connectivity index (χ2n) is 3.52. The number of hydrogen-bond acceptors (Lipinski definition) is 3. The molecule has 19 heavy (non-hydrogen) atoms. The van der Waals surface area contributed by atoms with E-state index >= 15 is 0 Å². The van der Waals surface area contributed by atoms with Crippen LogP contribution in [0.15, 0.2) is 23.2 Å². The zero-order valence-corrected chi connectivity index (χ0v) is 10.5. The van der Waals surface area contributed by atoms with Crippen LogP contribution in [0.1, 0.15) is 0 Å². The molecule has 10 heteroatoms. The predicted octanol–water partition coefficient (Wildman–Crippen LogP) is 3.07. The average Bonchev–Trinajstić information content (AvgIpc) is 2.72. The van der Waals surface area contributed by atoms with Gasteiger partial charge in [-0.2, -0.15) is 22.0 Å². The first kappa shape index (κ1) is 14.0. The number of halogens is 6. The van der Waals surface area contributed by atoms with Crippen molar-refractivity contribution in [1.29, 1.82) is 0 Å². The Morgan fingerprint density at radius 2 is 1.95 bits per heavy atom. The number of imidazole rings is 1. The fraction of sp³-hybridized carbons (Fsp3) is 0.333. The maximum absolute atomic E-state index is 12.7. The molecule has 0 unspecified atom stereocenters. The summed E-state index contributed by atoms with van der Waals surface area (Å²) in [5.41, 5.74) is 0.0428. The van der Waals surface area contributed by atoms with Gasteiger partial charge in [-0.3, -0.25) is 4.40 Å². The molecule has 0 spiro atoms. The van der Waals surface area contributed by atoms with Crippen LogP contribution < -0.4 is 4.74 Å². The zero-order chi connectivity index (χ0) is 14.3. The van der Waals surface area contributed by atoms with E-state index in [2.05, 4.69) is 30.6 Å². The summed E-state index contributed by atoms with van der Waals surface area (Å²) in [7, 11) is 0. The number of aromatic nitrogens is 3. The molecule has 0 aliphatic rings. The highest BCUT2D eigenvalue weighted by Crippen LogP contribution is 2.35. The molecule has 0 aliphatic carbocycles. The van der Waals surface area contributed by atoms with Crippen LogP contribution in [0.2, 0.25) is 0 Å². The Hall–Kier alpha value is -1.45. The molecular formula is C9H5BrF5N3O. The van der Waals surface area contributed by atoms with Crippen molar-refractivity contribution in [3.63, 3.8) is 0 Å². The van der Waals surface area contributed by atoms with E-state index < -0.39 is 24.6 Å². The van der Waals surface area contributed by atoms with Crippen LogP contribution in [0, 0.1) is 0 Å². The second kappa shape index (κ2) is 4.58. The minimum atomic E-state index is -5.68. The monoisotopic (exact) mass is 345 g/mol. The highest BCUT2D eigenvalue weighted by molar-refractivity contribution is 9.10. The van der Waals surface area contributed by atoms with E-state index in [4.69, 9.17) is 0 Å². The minimum absolute atomic E-state index is 0.0428. The summed E-state index contributed by atoms with van der Waals surface area (Å²) in [6.45, 7) is -1.86. The van der Waals surface area contributed by atoms with Gasteiger partial charge in [0.05, 0.1) is 0 Å². The van der Waals surface area contributed by atoms with E-state index in [1.54, 1.807) is 0 Å². The van der Waals surface area contributed by atoms with Gasteiger partial charge in [-0.05, 0) is 15.9 Å². The Morgan fingerprint density at radius 1 is 1.26 bits per heavy atom. The number of ether oxygens (including phenoxy) is 1. The van der Waals surface area contributed by atoms with Crippen molar-refractivity contribution in [3.8, 4) is 5.88 Å². The molecular weight excluding hydrogens is 341 g/mol. The fourth-order valence-electron chi connectivity index (χ4n) is 1.21. The van der Waals surface area contributed by atoms with Gasteiger partial charge in [0, 0.05) is 18.6 Å². The van der Waals surface area contributed by atoms with E-state index in [0.717, 1.165) is 0 Å². The number of nitrogens with zero attached hydrogens (tertiary/aromatic N) is 3. The smallest absolute Gasteiger partial charge is 0.456 e. The molecule has 2 aromatic rings. The normalized spacial score (nSPS) is 12.9.